The van der Waals surface area contributed by atoms with Gasteiger partial charge in [-0.3, -0.25) is 14.7 Å². The van der Waals surface area contributed by atoms with Gasteiger partial charge in [-0.05, 0) is 56.8 Å². The Hall–Kier alpha value is -1.42. The molecular weight excluding hydrogens is 250 g/mol. The first-order chi connectivity index (χ1) is 9.78. The van der Waals surface area contributed by atoms with Gasteiger partial charge in [0.25, 0.3) is 0 Å². The third kappa shape index (κ3) is 2.85. The van der Waals surface area contributed by atoms with Crippen molar-refractivity contribution in [2.45, 2.75) is 44.1 Å². The number of rotatable bonds is 5. The van der Waals surface area contributed by atoms with E-state index in [0.29, 0.717) is 12.0 Å². The third-order valence-corrected chi connectivity index (χ3v) is 4.81. The minimum atomic E-state index is 0.108. The van der Waals surface area contributed by atoms with Crippen LogP contribution in [0.5, 0.6) is 0 Å². The van der Waals surface area contributed by atoms with Crippen molar-refractivity contribution < 1.29 is 4.79 Å². The molecule has 0 radical (unpaired) electrons. The van der Waals surface area contributed by atoms with Crippen LogP contribution in [0.2, 0.25) is 0 Å². The second-order valence-electron chi connectivity index (χ2n) is 6.06. The van der Waals surface area contributed by atoms with Gasteiger partial charge in [-0.1, -0.05) is 6.07 Å². The van der Waals surface area contributed by atoms with Gasteiger partial charge in [0, 0.05) is 24.5 Å². The van der Waals surface area contributed by atoms with Crippen molar-refractivity contribution in [3.63, 3.8) is 0 Å². The highest BCUT2D eigenvalue weighted by atomic mass is 16.1. The second kappa shape index (κ2) is 5.92. The van der Waals surface area contributed by atoms with Crippen LogP contribution >= 0.6 is 0 Å². The highest BCUT2D eigenvalue weighted by molar-refractivity contribution is 5.78. The van der Waals surface area contributed by atoms with Gasteiger partial charge in [-0.15, -0.1) is 0 Å². The number of nitrogens with zero attached hydrogens (tertiary/aromatic N) is 2. The Balaban J connectivity index is 1.45. The Bertz CT molecular complexity index is 450. The Labute approximate surface area is 120 Å². The van der Waals surface area contributed by atoms with E-state index < -0.39 is 0 Å². The lowest BCUT2D eigenvalue weighted by Crippen LogP contribution is -2.41. The SMILES string of the molecule is O=C(Cc1cccnc1)NCCC12CCCN1CCC2. The lowest BCUT2D eigenvalue weighted by atomic mass is 9.90. The zero-order chi connectivity index (χ0) is 13.8. The molecule has 3 rings (SSSR count). The highest BCUT2D eigenvalue weighted by Gasteiger charge is 2.43. The van der Waals surface area contributed by atoms with Crippen molar-refractivity contribution in [3.05, 3.63) is 30.1 Å². The fourth-order valence-electron chi connectivity index (χ4n) is 3.82. The summed E-state index contributed by atoms with van der Waals surface area (Å²) in [5.41, 5.74) is 1.38. The molecule has 0 atom stereocenters. The summed E-state index contributed by atoms with van der Waals surface area (Å²) in [4.78, 5) is 18.6. The fourth-order valence-corrected chi connectivity index (χ4v) is 3.82. The summed E-state index contributed by atoms with van der Waals surface area (Å²) in [7, 11) is 0. The van der Waals surface area contributed by atoms with E-state index in [-0.39, 0.29) is 5.91 Å². The van der Waals surface area contributed by atoms with Crippen molar-refractivity contribution in [2.24, 2.45) is 0 Å². The topological polar surface area (TPSA) is 45.2 Å². The summed E-state index contributed by atoms with van der Waals surface area (Å²) in [5, 5.41) is 3.07. The Morgan fingerprint density at radius 3 is 2.85 bits per heavy atom. The second-order valence-corrected chi connectivity index (χ2v) is 6.06. The largest absolute Gasteiger partial charge is 0.356 e. The maximum absolute atomic E-state index is 11.9. The normalized spacial score (nSPS) is 20.8. The summed E-state index contributed by atoms with van der Waals surface area (Å²) in [6.45, 7) is 3.31. The predicted octanol–water partition coefficient (Wildman–Crippen LogP) is 1.76. The highest BCUT2D eigenvalue weighted by Crippen LogP contribution is 2.40. The summed E-state index contributed by atoms with van der Waals surface area (Å²) in [6, 6.07) is 3.82. The van der Waals surface area contributed by atoms with Crippen LogP contribution < -0.4 is 5.32 Å². The number of amides is 1. The van der Waals surface area contributed by atoms with Crippen LogP contribution in [-0.4, -0.2) is 41.0 Å². The van der Waals surface area contributed by atoms with E-state index in [2.05, 4.69) is 15.2 Å². The maximum atomic E-state index is 11.9. The van der Waals surface area contributed by atoms with Crippen molar-refractivity contribution in [1.82, 2.24) is 15.2 Å². The van der Waals surface area contributed by atoms with Gasteiger partial charge >= 0.3 is 0 Å². The molecule has 3 heterocycles. The maximum Gasteiger partial charge on any atom is 0.224 e. The molecule has 2 aliphatic heterocycles. The standard InChI is InChI=1S/C16H23N3O/c20-15(12-14-4-1-8-17-13-14)18-9-7-16-5-2-10-19(16)11-3-6-16/h1,4,8,13H,2-3,5-7,9-12H2,(H,18,20). The first-order valence-electron chi connectivity index (χ1n) is 7.69. The fraction of sp³-hybridized carbons (Fsp3) is 0.625. The molecule has 20 heavy (non-hydrogen) atoms. The average molecular weight is 273 g/mol. The number of pyridine rings is 1. The Morgan fingerprint density at radius 2 is 2.15 bits per heavy atom. The molecule has 4 heteroatoms. The molecule has 0 bridgehead atoms. The third-order valence-electron chi connectivity index (χ3n) is 4.81. The van der Waals surface area contributed by atoms with Crippen molar-refractivity contribution in [1.29, 1.82) is 0 Å². The zero-order valence-electron chi connectivity index (χ0n) is 12.0. The van der Waals surface area contributed by atoms with E-state index >= 15 is 0 Å². The van der Waals surface area contributed by atoms with Crippen LogP contribution in [0.4, 0.5) is 0 Å². The molecule has 4 nitrogen and oxygen atoms in total. The molecule has 1 aromatic rings. The molecule has 0 aliphatic carbocycles. The van der Waals surface area contributed by atoms with E-state index in [1.165, 1.54) is 38.8 Å². The number of carbonyl (C=O) groups is 1. The van der Waals surface area contributed by atoms with E-state index in [4.69, 9.17) is 0 Å². The molecule has 0 saturated carbocycles. The number of nitrogens with one attached hydrogen (secondary N) is 1. The number of hydrogen-bond acceptors (Lipinski definition) is 3. The molecule has 1 amide bonds. The molecule has 2 aliphatic rings. The van der Waals surface area contributed by atoms with Crippen LogP contribution in [0.15, 0.2) is 24.5 Å². The predicted molar refractivity (Wildman–Crippen MR) is 78.3 cm³/mol. The van der Waals surface area contributed by atoms with Crippen molar-refractivity contribution in [3.8, 4) is 0 Å². The van der Waals surface area contributed by atoms with Crippen LogP contribution in [0, 0.1) is 0 Å². The Kier molecular flexibility index (Phi) is 4.01. The quantitative estimate of drug-likeness (QED) is 0.889. The summed E-state index contributed by atoms with van der Waals surface area (Å²) in [6.07, 6.45) is 10.3. The van der Waals surface area contributed by atoms with Gasteiger partial charge in [0.1, 0.15) is 0 Å². The van der Waals surface area contributed by atoms with Crippen LogP contribution in [0.25, 0.3) is 0 Å². The van der Waals surface area contributed by atoms with Gasteiger partial charge in [-0.25, -0.2) is 0 Å². The lowest BCUT2D eigenvalue weighted by Gasteiger charge is -2.32. The molecule has 108 valence electrons. The van der Waals surface area contributed by atoms with E-state index in [1.54, 1.807) is 12.4 Å². The van der Waals surface area contributed by atoms with Crippen molar-refractivity contribution in [2.75, 3.05) is 19.6 Å². The minimum Gasteiger partial charge on any atom is -0.356 e. The summed E-state index contributed by atoms with van der Waals surface area (Å²) < 4.78 is 0. The van der Waals surface area contributed by atoms with Crippen LogP contribution in [0.1, 0.15) is 37.7 Å². The van der Waals surface area contributed by atoms with Gasteiger partial charge in [0.05, 0.1) is 6.42 Å². The number of hydrogen-bond donors (Lipinski definition) is 1. The summed E-state index contributed by atoms with van der Waals surface area (Å²) >= 11 is 0. The number of aromatic nitrogens is 1. The Morgan fingerprint density at radius 1 is 1.35 bits per heavy atom. The van der Waals surface area contributed by atoms with Gasteiger partial charge in [-0.2, -0.15) is 0 Å². The average Bonchev–Trinajstić information content (AvgIpc) is 2.99. The van der Waals surface area contributed by atoms with Crippen molar-refractivity contribution >= 4 is 5.91 Å². The first kappa shape index (κ1) is 13.6. The number of fused-ring (bicyclic) bond motifs is 1. The molecule has 0 unspecified atom stereocenters. The van der Waals surface area contributed by atoms with Crippen LogP contribution in [0.3, 0.4) is 0 Å². The smallest absolute Gasteiger partial charge is 0.224 e. The van der Waals surface area contributed by atoms with Gasteiger partial charge < -0.3 is 5.32 Å². The van der Waals surface area contributed by atoms with Crippen LogP contribution in [-0.2, 0) is 11.2 Å². The molecular formula is C16H23N3O. The van der Waals surface area contributed by atoms with E-state index in [0.717, 1.165) is 18.5 Å². The lowest BCUT2D eigenvalue weighted by molar-refractivity contribution is -0.120. The molecule has 1 aromatic heterocycles. The molecule has 1 N–H and O–H groups in total. The number of carbonyl (C=O) groups excluding carboxylic acids is 1. The van der Waals surface area contributed by atoms with E-state index in [1.807, 2.05) is 12.1 Å². The molecule has 0 spiro atoms. The molecule has 2 saturated heterocycles. The van der Waals surface area contributed by atoms with Gasteiger partial charge in [0.2, 0.25) is 5.91 Å². The summed E-state index contributed by atoms with van der Waals surface area (Å²) in [5.74, 6) is 0.108. The zero-order valence-corrected chi connectivity index (χ0v) is 12.0. The van der Waals surface area contributed by atoms with Gasteiger partial charge in [0.15, 0.2) is 0 Å². The molecule has 2 fully saturated rings. The van der Waals surface area contributed by atoms with E-state index in [9.17, 15) is 4.79 Å². The molecule has 0 aromatic carbocycles. The monoisotopic (exact) mass is 273 g/mol. The first-order valence-corrected chi connectivity index (χ1v) is 7.69. The minimum absolute atomic E-state index is 0.108.